The number of hydrogen-bond donors (Lipinski definition) is 2. The second-order valence-electron chi connectivity index (χ2n) is 5.00. The molecule has 90 valence electrons. The number of primary amides is 1. The van der Waals surface area contributed by atoms with Crippen molar-refractivity contribution < 1.29 is 9.59 Å². The molecule has 3 rings (SSSR count). The molecular formula is C12H14N2O2S. The Bertz CT molecular complexity index is 510. The van der Waals surface area contributed by atoms with Gasteiger partial charge in [-0.3, -0.25) is 9.59 Å². The molecule has 0 aromatic carbocycles. The van der Waals surface area contributed by atoms with Crippen LogP contribution in [-0.4, -0.2) is 23.8 Å². The normalized spacial score (nSPS) is 34.4. The highest BCUT2D eigenvalue weighted by Gasteiger charge is 2.66. The SMILES string of the molecule is Cc1ccsc1C(=O)C12CC(C(N)=O)NC1C2. The highest BCUT2D eigenvalue weighted by Crippen LogP contribution is 2.56. The zero-order chi connectivity index (χ0) is 12.2. The molecule has 17 heavy (non-hydrogen) atoms. The molecule has 2 fully saturated rings. The van der Waals surface area contributed by atoms with Gasteiger partial charge in [0.1, 0.15) is 0 Å². The largest absolute Gasteiger partial charge is 0.368 e. The van der Waals surface area contributed by atoms with Gasteiger partial charge < -0.3 is 11.1 Å². The van der Waals surface area contributed by atoms with Gasteiger partial charge in [-0.1, -0.05) is 0 Å². The van der Waals surface area contributed by atoms with Gasteiger partial charge in [0, 0.05) is 6.04 Å². The molecule has 1 saturated carbocycles. The van der Waals surface area contributed by atoms with Gasteiger partial charge in [0.05, 0.1) is 16.3 Å². The van der Waals surface area contributed by atoms with E-state index in [1.165, 1.54) is 11.3 Å². The minimum absolute atomic E-state index is 0.147. The van der Waals surface area contributed by atoms with E-state index in [0.29, 0.717) is 6.42 Å². The van der Waals surface area contributed by atoms with E-state index in [0.717, 1.165) is 16.9 Å². The summed E-state index contributed by atoms with van der Waals surface area (Å²) in [6.45, 7) is 1.95. The molecule has 3 atom stereocenters. The zero-order valence-corrected chi connectivity index (χ0v) is 10.3. The van der Waals surface area contributed by atoms with E-state index >= 15 is 0 Å². The Balaban J connectivity index is 1.85. The maximum atomic E-state index is 12.5. The number of thiophene rings is 1. The summed E-state index contributed by atoms with van der Waals surface area (Å²) in [5, 5.41) is 5.07. The number of amides is 1. The highest BCUT2D eigenvalue weighted by molar-refractivity contribution is 7.12. The van der Waals surface area contributed by atoms with Gasteiger partial charge in [0.25, 0.3) is 0 Å². The molecular weight excluding hydrogens is 236 g/mol. The standard InChI is InChI=1S/C12H14N2O2S/c1-6-2-3-17-9(6)10(15)12-4-7(11(13)16)14-8(12)5-12/h2-3,7-8,14H,4-5H2,1H3,(H2,13,16). The fraction of sp³-hybridized carbons (Fsp3) is 0.500. The smallest absolute Gasteiger partial charge is 0.234 e. The van der Waals surface area contributed by atoms with E-state index in [1.807, 2.05) is 18.4 Å². The fourth-order valence-electron chi connectivity index (χ4n) is 2.77. The van der Waals surface area contributed by atoms with Crippen LogP contribution in [-0.2, 0) is 4.79 Å². The van der Waals surface area contributed by atoms with E-state index in [4.69, 9.17) is 5.73 Å². The predicted octanol–water partition coefficient (Wildman–Crippen LogP) is 0.845. The van der Waals surface area contributed by atoms with Crippen LogP contribution in [0.4, 0.5) is 0 Å². The molecule has 1 amide bonds. The summed E-state index contributed by atoms with van der Waals surface area (Å²) < 4.78 is 0. The third kappa shape index (κ3) is 1.46. The van der Waals surface area contributed by atoms with Crippen LogP contribution < -0.4 is 11.1 Å². The summed E-state index contributed by atoms with van der Waals surface area (Å²) in [5.74, 6) is -0.168. The molecule has 1 aliphatic heterocycles. The summed E-state index contributed by atoms with van der Waals surface area (Å²) >= 11 is 1.49. The number of fused-ring (bicyclic) bond motifs is 1. The van der Waals surface area contributed by atoms with Gasteiger partial charge in [-0.15, -0.1) is 11.3 Å². The van der Waals surface area contributed by atoms with Crippen molar-refractivity contribution in [3.8, 4) is 0 Å². The molecule has 5 heteroatoms. The topological polar surface area (TPSA) is 72.2 Å². The van der Waals surface area contributed by atoms with E-state index in [9.17, 15) is 9.59 Å². The molecule has 3 N–H and O–H groups in total. The zero-order valence-electron chi connectivity index (χ0n) is 9.53. The third-order valence-corrected chi connectivity index (χ3v) is 4.93. The van der Waals surface area contributed by atoms with Gasteiger partial charge in [-0.2, -0.15) is 0 Å². The van der Waals surface area contributed by atoms with Crippen molar-refractivity contribution in [1.82, 2.24) is 5.32 Å². The summed E-state index contributed by atoms with van der Waals surface area (Å²) in [6, 6.07) is 1.77. The minimum Gasteiger partial charge on any atom is -0.368 e. The number of piperidine rings is 1. The molecule has 1 aromatic heterocycles. The van der Waals surface area contributed by atoms with Gasteiger partial charge in [-0.25, -0.2) is 0 Å². The van der Waals surface area contributed by atoms with Crippen molar-refractivity contribution in [2.24, 2.45) is 11.1 Å². The first kappa shape index (κ1) is 10.9. The van der Waals surface area contributed by atoms with Crippen molar-refractivity contribution in [2.75, 3.05) is 0 Å². The number of Topliss-reactive ketones (excluding diaryl/α,β-unsaturated/α-hetero) is 1. The van der Waals surface area contributed by atoms with Crippen molar-refractivity contribution >= 4 is 23.0 Å². The van der Waals surface area contributed by atoms with Crippen LogP contribution in [0.25, 0.3) is 0 Å². The molecule has 3 unspecified atom stereocenters. The lowest BCUT2D eigenvalue weighted by molar-refractivity contribution is -0.119. The first-order valence-corrected chi connectivity index (χ1v) is 6.57. The molecule has 0 bridgehead atoms. The summed E-state index contributed by atoms with van der Waals surface area (Å²) in [4.78, 5) is 24.4. The number of ketones is 1. The van der Waals surface area contributed by atoms with Crippen LogP contribution in [0.2, 0.25) is 0 Å². The average Bonchev–Trinajstić information content (AvgIpc) is 2.67. The van der Waals surface area contributed by atoms with Crippen molar-refractivity contribution in [3.63, 3.8) is 0 Å². The van der Waals surface area contributed by atoms with Crippen molar-refractivity contribution in [1.29, 1.82) is 0 Å². The first-order chi connectivity index (χ1) is 8.04. The second-order valence-corrected chi connectivity index (χ2v) is 5.92. The molecule has 1 aliphatic carbocycles. The van der Waals surface area contributed by atoms with E-state index < -0.39 is 0 Å². The maximum Gasteiger partial charge on any atom is 0.234 e. The fourth-order valence-corrected chi connectivity index (χ4v) is 3.75. The van der Waals surface area contributed by atoms with Crippen LogP contribution >= 0.6 is 11.3 Å². The maximum absolute atomic E-state index is 12.5. The molecule has 4 nitrogen and oxygen atoms in total. The van der Waals surface area contributed by atoms with Crippen LogP contribution in [0.5, 0.6) is 0 Å². The number of hydrogen-bond acceptors (Lipinski definition) is 4. The second kappa shape index (κ2) is 3.40. The Hall–Kier alpha value is -1.20. The number of rotatable bonds is 3. The van der Waals surface area contributed by atoms with Gasteiger partial charge in [-0.05, 0) is 36.8 Å². The number of nitrogens with one attached hydrogen (secondary N) is 1. The van der Waals surface area contributed by atoms with Crippen molar-refractivity contribution in [2.45, 2.75) is 31.8 Å². The number of aryl methyl sites for hydroxylation is 1. The molecule has 0 radical (unpaired) electrons. The molecule has 1 saturated heterocycles. The van der Waals surface area contributed by atoms with E-state index in [1.54, 1.807) is 0 Å². The predicted molar refractivity (Wildman–Crippen MR) is 65.0 cm³/mol. The lowest BCUT2D eigenvalue weighted by Crippen LogP contribution is -2.38. The molecule has 0 spiro atoms. The number of carbonyl (C=O) groups excluding carboxylic acids is 2. The number of nitrogens with two attached hydrogens (primary N) is 1. The minimum atomic E-state index is -0.354. The lowest BCUT2D eigenvalue weighted by Gasteiger charge is -2.12. The van der Waals surface area contributed by atoms with E-state index in [-0.39, 0.29) is 29.2 Å². The van der Waals surface area contributed by atoms with Crippen LogP contribution in [0.1, 0.15) is 28.1 Å². The Labute approximate surface area is 103 Å². The Kier molecular flexibility index (Phi) is 2.18. The van der Waals surface area contributed by atoms with Crippen LogP contribution in [0.3, 0.4) is 0 Å². The number of carbonyl (C=O) groups is 2. The Morgan fingerprint density at radius 1 is 1.53 bits per heavy atom. The lowest BCUT2D eigenvalue weighted by atomic mass is 9.92. The highest BCUT2D eigenvalue weighted by atomic mass is 32.1. The monoisotopic (exact) mass is 250 g/mol. The summed E-state index contributed by atoms with van der Waals surface area (Å²) in [6.07, 6.45) is 1.40. The summed E-state index contributed by atoms with van der Waals surface area (Å²) in [7, 11) is 0. The quantitative estimate of drug-likeness (QED) is 0.781. The van der Waals surface area contributed by atoms with E-state index in [2.05, 4.69) is 5.32 Å². The average molecular weight is 250 g/mol. The van der Waals surface area contributed by atoms with Gasteiger partial charge in [0.2, 0.25) is 5.91 Å². The molecule has 2 heterocycles. The summed E-state index contributed by atoms with van der Waals surface area (Å²) in [5.41, 5.74) is 5.96. The van der Waals surface area contributed by atoms with Gasteiger partial charge >= 0.3 is 0 Å². The molecule has 1 aromatic rings. The van der Waals surface area contributed by atoms with Gasteiger partial charge in [0.15, 0.2) is 5.78 Å². The van der Waals surface area contributed by atoms with Crippen molar-refractivity contribution in [3.05, 3.63) is 21.9 Å². The van der Waals surface area contributed by atoms with Crippen LogP contribution in [0.15, 0.2) is 11.4 Å². The first-order valence-electron chi connectivity index (χ1n) is 5.69. The Morgan fingerprint density at radius 3 is 2.82 bits per heavy atom. The molecule has 2 aliphatic rings. The Morgan fingerprint density at radius 2 is 2.29 bits per heavy atom. The van der Waals surface area contributed by atoms with Crippen LogP contribution in [0, 0.1) is 12.3 Å². The third-order valence-electron chi connectivity index (χ3n) is 3.91.